The van der Waals surface area contributed by atoms with Crippen molar-refractivity contribution in [2.24, 2.45) is 0 Å². The first-order valence-electron chi connectivity index (χ1n) is 6.52. The Kier molecular flexibility index (Phi) is 3.61. The molecule has 1 heterocycles. The van der Waals surface area contributed by atoms with E-state index in [2.05, 4.69) is 29.7 Å². The summed E-state index contributed by atoms with van der Waals surface area (Å²) in [5, 5.41) is 11.0. The number of carbonyl (C=O) groups is 1. The van der Waals surface area contributed by atoms with Crippen molar-refractivity contribution in [3.05, 3.63) is 59.0 Å². The van der Waals surface area contributed by atoms with Gasteiger partial charge in [-0.1, -0.05) is 48.2 Å². The second-order valence-corrected chi connectivity index (χ2v) is 5.64. The molecule has 1 N–H and O–H groups in total. The Hall–Kier alpha value is -2.00. The number of aliphatic carboxylic acids is 1. The molecule has 0 saturated carbocycles. The minimum atomic E-state index is -0.754. The molecule has 0 bridgehead atoms. The van der Waals surface area contributed by atoms with Gasteiger partial charge in [0.1, 0.15) is 0 Å². The van der Waals surface area contributed by atoms with Gasteiger partial charge in [0.15, 0.2) is 0 Å². The van der Waals surface area contributed by atoms with Crippen molar-refractivity contribution in [3.8, 4) is 11.1 Å². The Bertz CT molecular complexity index is 689. The Morgan fingerprint density at radius 3 is 2.80 bits per heavy atom. The van der Waals surface area contributed by atoms with Crippen LogP contribution in [0.15, 0.2) is 52.8 Å². The van der Waals surface area contributed by atoms with Crippen LogP contribution in [0.3, 0.4) is 0 Å². The second-order valence-electron chi connectivity index (χ2n) is 4.69. The molecule has 0 amide bonds. The SMILES string of the molecule is O=C(O)CCc1cccc2c1-c1ccccc1C=CS2. The van der Waals surface area contributed by atoms with Gasteiger partial charge in [-0.05, 0) is 46.2 Å². The van der Waals surface area contributed by atoms with Crippen molar-refractivity contribution >= 4 is 23.8 Å². The van der Waals surface area contributed by atoms with Crippen LogP contribution in [0, 0.1) is 0 Å². The summed E-state index contributed by atoms with van der Waals surface area (Å²) in [6.07, 6.45) is 2.84. The molecular formula is C17H14O2S. The number of carboxylic acids is 1. The van der Waals surface area contributed by atoms with Gasteiger partial charge in [0.25, 0.3) is 0 Å². The Balaban J connectivity index is 2.14. The van der Waals surface area contributed by atoms with E-state index in [9.17, 15) is 4.79 Å². The molecule has 20 heavy (non-hydrogen) atoms. The normalized spacial score (nSPS) is 12.4. The predicted molar refractivity (Wildman–Crippen MR) is 82.7 cm³/mol. The number of fused-ring (bicyclic) bond motifs is 3. The van der Waals surface area contributed by atoms with Gasteiger partial charge in [0, 0.05) is 11.3 Å². The smallest absolute Gasteiger partial charge is 0.303 e. The van der Waals surface area contributed by atoms with Crippen LogP contribution in [-0.4, -0.2) is 11.1 Å². The van der Waals surface area contributed by atoms with Gasteiger partial charge in [-0.15, -0.1) is 0 Å². The molecule has 2 nitrogen and oxygen atoms in total. The summed E-state index contributed by atoms with van der Waals surface area (Å²) in [7, 11) is 0. The van der Waals surface area contributed by atoms with Crippen molar-refractivity contribution in [1.29, 1.82) is 0 Å². The van der Waals surface area contributed by atoms with E-state index in [1.165, 1.54) is 21.6 Å². The van der Waals surface area contributed by atoms with E-state index < -0.39 is 5.97 Å². The Morgan fingerprint density at radius 1 is 1.10 bits per heavy atom. The Morgan fingerprint density at radius 2 is 1.95 bits per heavy atom. The van der Waals surface area contributed by atoms with E-state index in [1.54, 1.807) is 11.8 Å². The second kappa shape index (κ2) is 5.55. The fourth-order valence-corrected chi connectivity index (χ4v) is 3.36. The lowest BCUT2D eigenvalue weighted by Gasteiger charge is -2.14. The maximum atomic E-state index is 10.8. The van der Waals surface area contributed by atoms with E-state index in [1.807, 2.05) is 24.3 Å². The average Bonchev–Trinajstić information content (AvgIpc) is 2.64. The quantitative estimate of drug-likeness (QED) is 0.903. The zero-order chi connectivity index (χ0) is 13.9. The summed E-state index contributed by atoms with van der Waals surface area (Å²) in [5.74, 6) is -0.754. The van der Waals surface area contributed by atoms with Gasteiger partial charge in [0.05, 0.1) is 0 Å². The number of benzene rings is 2. The lowest BCUT2D eigenvalue weighted by atomic mass is 9.93. The average molecular weight is 282 g/mol. The molecule has 0 aromatic heterocycles. The van der Waals surface area contributed by atoms with Gasteiger partial charge >= 0.3 is 5.97 Å². The molecule has 0 unspecified atom stereocenters. The maximum Gasteiger partial charge on any atom is 0.303 e. The lowest BCUT2D eigenvalue weighted by molar-refractivity contribution is -0.136. The molecule has 1 aliphatic rings. The molecule has 0 saturated heterocycles. The molecule has 2 aromatic carbocycles. The molecule has 100 valence electrons. The first-order chi connectivity index (χ1) is 9.75. The lowest BCUT2D eigenvalue weighted by Crippen LogP contribution is -2.00. The van der Waals surface area contributed by atoms with E-state index >= 15 is 0 Å². The topological polar surface area (TPSA) is 37.3 Å². The highest BCUT2D eigenvalue weighted by Gasteiger charge is 2.15. The van der Waals surface area contributed by atoms with E-state index in [-0.39, 0.29) is 6.42 Å². The molecule has 3 rings (SSSR count). The zero-order valence-corrected chi connectivity index (χ0v) is 11.7. The molecular weight excluding hydrogens is 268 g/mol. The maximum absolute atomic E-state index is 10.8. The van der Waals surface area contributed by atoms with E-state index in [0.717, 1.165) is 5.56 Å². The molecule has 1 aliphatic heterocycles. The number of hydrogen-bond acceptors (Lipinski definition) is 2. The zero-order valence-electron chi connectivity index (χ0n) is 10.9. The number of thioether (sulfide) groups is 1. The van der Waals surface area contributed by atoms with Crippen LogP contribution in [0.5, 0.6) is 0 Å². The molecule has 0 spiro atoms. The Labute approximate surface area is 122 Å². The molecule has 0 atom stereocenters. The third-order valence-electron chi connectivity index (χ3n) is 3.39. The van der Waals surface area contributed by atoms with Crippen molar-refractivity contribution in [3.63, 3.8) is 0 Å². The summed E-state index contributed by atoms with van der Waals surface area (Å²) in [6, 6.07) is 14.4. The van der Waals surface area contributed by atoms with Crippen LogP contribution < -0.4 is 0 Å². The summed E-state index contributed by atoms with van der Waals surface area (Å²) in [4.78, 5) is 12.0. The standard InChI is InChI=1S/C17H14O2S/c18-16(19)9-8-13-5-3-7-15-17(13)14-6-2-1-4-12(14)10-11-20-15/h1-7,10-11H,8-9H2,(H,18,19). The molecule has 3 heteroatoms. The van der Waals surface area contributed by atoms with Crippen molar-refractivity contribution in [2.45, 2.75) is 17.7 Å². The van der Waals surface area contributed by atoms with Crippen LogP contribution in [0.1, 0.15) is 17.5 Å². The van der Waals surface area contributed by atoms with Crippen molar-refractivity contribution < 1.29 is 9.90 Å². The van der Waals surface area contributed by atoms with Gasteiger partial charge in [-0.25, -0.2) is 0 Å². The first kappa shape index (κ1) is 13.0. The molecule has 2 aromatic rings. The highest BCUT2D eigenvalue weighted by molar-refractivity contribution is 8.02. The fourth-order valence-electron chi connectivity index (χ4n) is 2.48. The van der Waals surface area contributed by atoms with Crippen molar-refractivity contribution in [2.75, 3.05) is 0 Å². The first-order valence-corrected chi connectivity index (χ1v) is 7.40. The number of hydrogen-bond donors (Lipinski definition) is 1. The summed E-state index contributed by atoms with van der Waals surface area (Å²) in [5.41, 5.74) is 4.65. The minimum Gasteiger partial charge on any atom is -0.481 e. The molecule has 0 radical (unpaired) electrons. The third-order valence-corrected chi connectivity index (χ3v) is 4.26. The summed E-state index contributed by atoms with van der Waals surface area (Å²) in [6.45, 7) is 0. The van der Waals surface area contributed by atoms with Crippen molar-refractivity contribution in [1.82, 2.24) is 0 Å². The minimum absolute atomic E-state index is 0.163. The number of aryl methyl sites for hydroxylation is 1. The van der Waals surface area contributed by atoms with Crippen LogP contribution in [0.25, 0.3) is 17.2 Å². The summed E-state index contributed by atoms with van der Waals surface area (Å²) >= 11 is 1.69. The van der Waals surface area contributed by atoms with Gasteiger partial charge in [-0.3, -0.25) is 4.79 Å². The highest BCUT2D eigenvalue weighted by Crippen LogP contribution is 2.40. The van der Waals surface area contributed by atoms with Crippen LogP contribution in [0.2, 0.25) is 0 Å². The fraction of sp³-hybridized carbons (Fsp3) is 0.118. The van der Waals surface area contributed by atoms with Gasteiger partial charge in [-0.2, -0.15) is 0 Å². The molecule has 0 aliphatic carbocycles. The monoisotopic (exact) mass is 282 g/mol. The van der Waals surface area contributed by atoms with E-state index in [4.69, 9.17) is 5.11 Å². The van der Waals surface area contributed by atoms with Crippen LogP contribution >= 0.6 is 11.8 Å². The van der Waals surface area contributed by atoms with E-state index in [0.29, 0.717) is 6.42 Å². The van der Waals surface area contributed by atoms with Crippen LogP contribution in [0.4, 0.5) is 0 Å². The third kappa shape index (κ3) is 2.49. The highest BCUT2D eigenvalue weighted by atomic mass is 32.2. The largest absolute Gasteiger partial charge is 0.481 e. The summed E-state index contributed by atoms with van der Waals surface area (Å²) < 4.78 is 0. The number of carboxylic acid groups (broad SMARTS) is 1. The van der Waals surface area contributed by atoms with Crippen LogP contribution in [-0.2, 0) is 11.2 Å². The predicted octanol–water partition coefficient (Wildman–Crippen LogP) is 4.45. The molecule has 0 fully saturated rings. The number of rotatable bonds is 3. The van der Waals surface area contributed by atoms with Gasteiger partial charge < -0.3 is 5.11 Å². The van der Waals surface area contributed by atoms with Gasteiger partial charge in [0.2, 0.25) is 0 Å².